The van der Waals surface area contributed by atoms with Crippen molar-refractivity contribution < 1.29 is 14.2 Å². The van der Waals surface area contributed by atoms with Gasteiger partial charge in [0.25, 0.3) is 0 Å². The van der Waals surface area contributed by atoms with Gasteiger partial charge in [-0.1, -0.05) is 209 Å². The molecule has 0 aliphatic carbocycles. The first kappa shape index (κ1) is 58.3. The van der Waals surface area contributed by atoms with Crippen LogP contribution in [-0.4, -0.2) is 39.1 Å². The molecule has 0 aromatic carbocycles. The number of ether oxygens (including phenoxy) is 3. The number of hydrogen-bond acceptors (Lipinski definition) is 3. The van der Waals surface area contributed by atoms with Crippen LogP contribution >= 0.6 is 0 Å². The third-order valence-corrected chi connectivity index (χ3v) is 11.3. The molecule has 0 saturated heterocycles. The molecule has 0 radical (unpaired) electrons. The number of rotatable bonds is 50. The molecule has 0 aromatic heterocycles. The predicted molar refractivity (Wildman–Crippen MR) is 269 cm³/mol. The van der Waals surface area contributed by atoms with Gasteiger partial charge in [0.05, 0.1) is 13.2 Å². The molecule has 0 unspecified atom stereocenters. The Balaban J connectivity index is 4.11. The molecular weight excluding hydrogens is 733 g/mol. The molecule has 0 aliphatic rings. The van der Waals surface area contributed by atoms with Crippen LogP contribution in [0.15, 0.2) is 72.9 Å². The molecule has 3 nitrogen and oxygen atoms in total. The standard InChI is InChI=1S/C57H104O3/c1-4-7-10-13-16-19-22-25-28-31-34-37-40-43-46-49-52-58-55-57(60-54-51-48-45-42-39-36-33-30-27-24-21-18-15-12-9-6-3)56-59-53-50-47-44-41-38-35-32-29-26-23-20-17-14-11-8-5-2/h16-21,25-30,57H,4-15,22-24,31-56H2,1-3H3. The maximum absolute atomic E-state index is 6.34. The lowest BCUT2D eigenvalue weighted by atomic mass is 10.1. The third-order valence-electron chi connectivity index (χ3n) is 11.3. The maximum atomic E-state index is 6.34. The van der Waals surface area contributed by atoms with E-state index in [2.05, 4.69) is 93.7 Å². The maximum Gasteiger partial charge on any atom is 0.104 e. The van der Waals surface area contributed by atoms with E-state index in [1.165, 1.54) is 193 Å². The Kier molecular flexibility index (Phi) is 53.8. The summed E-state index contributed by atoms with van der Waals surface area (Å²) in [5.74, 6) is 0. The second kappa shape index (κ2) is 55.3. The van der Waals surface area contributed by atoms with Crippen molar-refractivity contribution in [2.24, 2.45) is 0 Å². The smallest absolute Gasteiger partial charge is 0.104 e. The Morgan fingerprint density at radius 3 is 0.817 bits per heavy atom. The molecule has 0 heterocycles. The lowest BCUT2D eigenvalue weighted by Gasteiger charge is -2.18. The van der Waals surface area contributed by atoms with Gasteiger partial charge in [0, 0.05) is 19.8 Å². The molecule has 0 spiro atoms. The minimum Gasteiger partial charge on any atom is -0.379 e. The third kappa shape index (κ3) is 52.5. The molecule has 350 valence electrons. The van der Waals surface area contributed by atoms with Crippen LogP contribution < -0.4 is 0 Å². The summed E-state index contributed by atoms with van der Waals surface area (Å²) in [5, 5.41) is 0. The average Bonchev–Trinajstić information content (AvgIpc) is 3.26. The predicted octanol–water partition coefficient (Wildman–Crippen LogP) is 18.8. The van der Waals surface area contributed by atoms with Crippen molar-refractivity contribution in [2.45, 2.75) is 258 Å². The van der Waals surface area contributed by atoms with Crippen LogP contribution in [0.25, 0.3) is 0 Å². The van der Waals surface area contributed by atoms with E-state index < -0.39 is 0 Å². The molecule has 0 aliphatic heterocycles. The summed E-state index contributed by atoms with van der Waals surface area (Å²) in [5.41, 5.74) is 0. The number of hydrogen-bond donors (Lipinski definition) is 0. The van der Waals surface area contributed by atoms with Crippen molar-refractivity contribution in [2.75, 3.05) is 33.0 Å². The largest absolute Gasteiger partial charge is 0.379 e. The molecular formula is C57H104O3. The van der Waals surface area contributed by atoms with Crippen LogP contribution in [0.3, 0.4) is 0 Å². The van der Waals surface area contributed by atoms with E-state index >= 15 is 0 Å². The van der Waals surface area contributed by atoms with Crippen LogP contribution in [0.4, 0.5) is 0 Å². The summed E-state index contributed by atoms with van der Waals surface area (Å²) in [7, 11) is 0. The Morgan fingerprint density at radius 2 is 0.517 bits per heavy atom. The van der Waals surface area contributed by atoms with Crippen LogP contribution in [-0.2, 0) is 14.2 Å². The van der Waals surface area contributed by atoms with Gasteiger partial charge in [-0.25, -0.2) is 0 Å². The summed E-state index contributed by atoms with van der Waals surface area (Å²) < 4.78 is 18.6. The summed E-state index contributed by atoms with van der Waals surface area (Å²) >= 11 is 0. The highest BCUT2D eigenvalue weighted by atomic mass is 16.6. The SMILES string of the molecule is CCCCCC=CCC=CCCCCCCCCOCC(COCCCCCCCCC=CCC=CCCCCC)OCCCCCCCCC=CCC=CCCCCC. The minimum absolute atomic E-state index is 0.0529. The van der Waals surface area contributed by atoms with E-state index in [1.54, 1.807) is 0 Å². The van der Waals surface area contributed by atoms with E-state index in [9.17, 15) is 0 Å². The minimum atomic E-state index is 0.0529. The normalized spacial score (nSPS) is 13.1. The van der Waals surface area contributed by atoms with E-state index in [0.717, 1.165) is 58.3 Å². The van der Waals surface area contributed by atoms with Crippen molar-refractivity contribution in [1.29, 1.82) is 0 Å². The average molecular weight is 837 g/mol. The zero-order chi connectivity index (χ0) is 43.2. The molecule has 0 atom stereocenters. The lowest BCUT2D eigenvalue weighted by molar-refractivity contribution is -0.0616. The van der Waals surface area contributed by atoms with Crippen LogP contribution in [0.5, 0.6) is 0 Å². The number of allylic oxidation sites excluding steroid dienone is 12. The first-order valence-corrected chi connectivity index (χ1v) is 26.5. The van der Waals surface area contributed by atoms with Crippen molar-refractivity contribution in [3.63, 3.8) is 0 Å². The van der Waals surface area contributed by atoms with Crippen molar-refractivity contribution in [1.82, 2.24) is 0 Å². The molecule has 0 rings (SSSR count). The fourth-order valence-electron chi connectivity index (χ4n) is 7.30. The highest BCUT2D eigenvalue weighted by molar-refractivity contribution is 4.94. The van der Waals surface area contributed by atoms with Crippen LogP contribution in [0.2, 0.25) is 0 Å². The Morgan fingerprint density at radius 1 is 0.267 bits per heavy atom. The van der Waals surface area contributed by atoms with Gasteiger partial charge in [0.2, 0.25) is 0 Å². The Hall–Kier alpha value is -1.68. The summed E-state index contributed by atoms with van der Waals surface area (Å²) in [6.07, 6.45) is 74.1. The molecule has 0 fully saturated rings. The monoisotopic (exact) mass is 837 g/mol. The van der Waals surface area contributed by atoms with Crippen LogP contribution in [0, 0.1) is 0 Å². The first-order chi connectivity index (χ1) is 29.8. The van der Waals surface area contributed by atoms with Crippen LogP contribution in [0.1, 0.15) is 252 Å². The first-order valence-electron chi connectivity index (χ1n) is 26.5. The highest BCUT2D eigenvalue weighted by Crippen LogP contribution is 2.12. The second-order valence-corrected chi connectivity index (χ2v) is 17.4. The van der Waals surface area contributed by atoms with Gasteiger partial charge >= 0.3 is 0 Å². The van der Waals surface area contributed by atoms with Gasteiger partial charge < -0.3 is 14.2 Å². The molecule has 0 aromatic rings. The quantitative estimate of drug-likeness (QED) is 0.0451. The lowest BCUT2D eigenvalue weighted by Crippen LogP contribution is -2.26. The van der Waals surface area contributed by atoms with Crippen molar-refractivity contribution in [3.05, 3.63) is 72.9 Å². The van der Waals surface area contributed by atoms with Crippen molar-refractivity contribution >= 4 is 0 Å². The van der Waals surface area contributed by atoms with E-state index in [1.807, 2.05) is 0 Å². The zero-order valence-corrected chi connectivity index (χ0v) is 40.7. The van der Waals surface area contributed by atoms with Gasteiger partial charge in [-0.15, -0.1) is 0 Å². The molecule has 0 saturated carbocycles. The fourth-order valence-corrected chi connectivity index (χ4v) is 7.30. The van der Waals surface area contributed by atoms with E-state index in [4.69, 9.17) is 14.2 Å². The van der Waals surface area contributed by atoms with Gasteiger partial charge in [-0.05, 0) is 116 Å². The van der Waals surface area contributed by atoms with E-state index in [0.29, 0.717) is 13.2 Å². The Bertz CT molecular complexity index is 906. The highest BCUT2D eigenvalue weighted by Gasteiger charge is 2.10. The molecule has 60 heavy (non-hydrogen) atoms. The van der Waals surface area contributed by atoms with Gasteiger partial charge in [0.15, 0.2) is 0 Å². The number of unbranched alkanes of at least 4 members (excludes halogenated alkanes) is 27. The molecule has 0 amide bonds. The topological polar surface area (TPSA) is 27.7 Å². The van der Waals surface area contributed by atoms with Crippen molar-refractivity contribution in [3.8, 4) is 0 Å². The van der Waals surface area contributed by atoms with E-state index in [-0.39, 0.29) is 6.10 Å². The van der Waals surface area contributed by atoms with Gasteiger partial charge in [-0.3, -0.25) is 0 Å². The summed E-state index contributed by atoms with van der Waals surface area (Å²) in [6, 6.07) is 0. The molecule has 0 bridgehead atoms. The van der Waals surface area contributed by atoms with Gasteiger partial charge in [0.1, 0.15) is 6.10 Å². The summed E-state index contributed by atoms with van der Waals surface area (Å²) in [4.78, 5) is 0. The Labute approximate surface area is 376 Å². The van der Waals surface area contributed by atoms with Gasteiger partial charge in [-0.2, -0.15) is 0 Å². The molecule has 3 heteroatoms. The molecule has 0 N–H and O–H groups in total. The second-order valence-electron chi connectivity index (χ2n) is 17.4. The fraction of sp³-hybridized carbons (Fsp3) is 0.789. The zero-order valence-electron chi connectivity index (χ0n) is 40.7. The summed E-state index contributed by atoms with van der Waals surface area (Å²) in [6.45, 7) is 10.6.